The van der Waals surface area contributed by atoms with Crippen molar-refractivity contribution >= 4 is 16.7 Å². The van der Waals surface area contributed by atoms with E-state index in [1.165, 1.54) is 17.3 Å². The van der Waals surface area contributed by atoms with Gasteiger partial charge in [-0.2, -0.15) is 4.98 Å². The second kappa shape index (κ2) is 8.98. The molecule has 2 aliphatic rings. The van der Waals surface area contributed by atoms with E-state index in [1.807, 2.05) is 12.1 Å². The highest BCUT2D eigenvalue weighted by atomic mass is 16.5. The Morgan fingerprint density at radius 1 is 1.03 bits per heavy atom. The number of nitrogens with one attached hydrogen (secondary N) is 1. The van der Waals surface area contributed by atoms with Gasteiger partial charge in [0.2, 0.25) is 11.4 Å². The van der Waals surface area contributed by atoms with Crippen LogP contribution in [0.25, 0.3) is 11.0 Å². The van der Waals surface area contributed by atoms with Gasteiger partial charge in [0.1, 0.15) is 11.4 Å². The molecule has 7 heteroatoms. The Kier molecular flexibility index (Phi) is 5.76. The lowest BCUT2D eigenvalue weighted by Crippen LogP contribution is -2.46. The topological polar surface area (TPSA) is 70.7 Å². The number of aromatic nitrogens is 2. The van der Waals surface area contributed by atoms with Crippen molar-refractivity contribution in [2.75, 3.05) is 50.8 Å². The van der Waals surface area contributed by atoms with Crippen LogP contribution in [0.15, 0.2) is 47.3 Å². The Morgan fingerprint density at radius 2 is 1.90 bits per heavy atom. The SMILES string of the molecule is O=c1ccc2ccc(OCCCCN3CCN(c4cccc5c4OCC5)CC3)nc2[nH]1. The minimum atomic E-state index is -0.151. The summed E-state index contributed by atoms with van der Waals surface area (Å²) in [6, 6.07) is 13.6. The highest BCUT2D eigenvalue weighted by Gasteiger charge is 2.23. The van der Waals surface area contributed by atoms with Crippen LogP contribution in [0.2, 0.25) is 0 Å². The van der Waals surface area contributed by atoms with Gasteiger partial charge in [-0.15, -0.1) is 0 Å². The number of rotatable bonds is 7. The maximum Gasteiger partial charge on any atom is 0.249 e. The van der Waals surface area contributed by atoms with Gasteiger partial charge in [0.25, 0.3) is 0 Å². The molecule has 0 unspecified atom stereocenters. The molecule has 0 bridgehead atoms. The minimum Gasteiger partial charge on any atom is -0.491 e. The van der Waals surface area contributed by atoms with Crippen LogP contribution in [-0.2, 0) is 6.42 Å². The number of fused-ring (bicyclic) bond motifs is 2. The monoisotopic (exact) mass is 420 g/mol. The molecule has 1 aromatic carbocycles. The summed E-state index contributed by atoms with van der Waals surface area (Å²) < 4.78 is 11.7. The number of nitrogens with zero attached hydrogens (tertiary/aromatic N) is 3. The Hall–Kier alpha value is -3.06. The van der Waals surface area contributed by atoms with Crippen LogP contribution in [0.3, 0.4) is 0 Å². The van der Waals surface area contributed by atoms with Crippen molar-refractivity contribution in [3.8, 4) is 11.6 Å². The summed E-state index contributed by atoms with van der Waals surface area (Å²) in [6.07, 6.45) is 3.09. The van der Waals surface area contributed by atoms with Gasteiger partial charge in [-0.3, -0.25) is 9.69 Å². The lowest BCUT2D eigenvalue weighted by molar-refractivity contribution is 0.236. The number of hydrogen-bond donors (Lipinski definition) is 1. The van der Waals surface area contributed by atoms with Crippen LogP contribution in [0, 0.1) is 0 Å². The van der Waals surface area contributed by atoms with Crippen molar-refractivity contribution in [2.24, 2.45) is 0 Å². The molecular formula is C24H28N4O3. The maximum atomic E-state index is 11.4. The third-order valence-corrected chi connectivity index (χ3v) is 6.08. The van der Waals surface area contributed by atoms with E-state index in [0.717, 1.165) is 69.7 Å². The number of benzene rings is 1. The summed E-state index contributed by atoms with van der Waals surface area (Å²) >= 11 is 0. The molecule has 0 aliphatic carbocycles. The average molecular weight is 421 g/mol. The van der Waals surface area contributed by atoms with Gasteiger partial charge in [-0.05, 0) is 43.1 Å². The molecule has 1 saturated heterocycles. The summed E-state index contributed by atoms with van der Waals surface area (Å²) in [5.41, 5.74) is 3.01. The van der Waals surface area contributed by atoms with Crippen LogP contribution in [0.5, 0.6) is 11.6 Å². The molecule has 7 nitrogen and oxygen atoms in total. The predicted molar refractivity (Wildman–Crippen MR) is 121 cm³/mol. The molecule has 2 aliphatic heterocycles. The van der Waals surface area contributed by atoms with Gasteiger partial charge in [-0.1, -0.05) is 12.1 Å². The largest absolute Gasteiger partial charge is 0.491 e. The van der Waals surface area contributed by atoms with E-state index in [0.29, 0.717) is 18.1 Å². The zero-order valence-electron chi connectivity index (χ0n) is 17.7. The van der Waals surface area contributed by atoms with Gasteiger partial charge in [0.05, 0.1) is 18.9 Å². The molecule has 4 heterocycles. The Morgan fingerprint density at radius 3 is 2.81 bits per heavy atom. The van der Waals surface area contributed by atoms with Gasteiger partial charge in [-0.25, -0.2) is 0 Å². The number of para-hydroxylation sites is 1. The van der Waals surface area contributed by atoms with E-state index >= 15 is 0 Å². The molecular weight excluding hydrogens is 392 g/mol. The molecule has 1 N–H and O–H groups in total. The normalized spacial score (nSPS) is 16.3. The highest BCUT2D eigenvalue weighted by molar-refractivity contribution is 5.74. The maximum absolute atomic E-state index is 11.4. The van der Waals surface area contributed by atoms with E-state index in [2.05, 4.69) is 38.0 Å². The first-order chi connectivity index (χ1) is 15.3. The Bertz CT molecular complexity index is 1110. The third kappa shape index (κ3) is 4.51. The van der Waals surface area contributed by atoms with Crippen molar-refractivity contribution in [3.63, 3.8) is 0 Å². The number of aromatic amines is 1. The second-order valence-corrected chi connectivity index (χ2v) is 8.16. The average Bonchev–Trinajstić information content (AvgIpc) is 3.28. The number of hydrogen-bond acceptors (Lipinski definition) is 6. The van der Waals surface area contributed by atoms with Crippen LogP contribution < -0.4 is 19.9 Å². The lowest BCUT2D eigenvalue weighted by atomic mass is 10.1. The summed E-state index contributed by atoms with van der Waals surface area (Å²) in [6.45, 7) is 6.74. The molecule has 2 aromatic heterocycles. The second-order valence-electron chi connectivity index (χ2n) is 8.16. The van der Waals surface area contributed by atoms with Gasteiger partial charge in [0, 0.05) is 50.1 Å². The van der Waals surface area contributed by atoms with Gasteiger partial charge >= 0.3 is 0 Å². The minimum absolute atomic E-state index is 0.151. The first-order valence-corrected chi connectivity index (χ1v) is 11.1. The number of ether oxygens (including phenoxy) is 2. The van der Waals surface area contributed by atoms with Crippen LogP contribution >= 0.6 is 0 Å². The Labute approximate surface area is 181 Å². The molecule has 0 atom stereocenters. The fourth-order valence-corrected chi connectivity index (χ4v) is 4.36. The van der Waals surface area contributed by atoms with Crippen molar-refractivity contribution in [1.82, 2.24) is 14.9 Å². The van der Waals surface area contributed by atoms with E-state index in [-0.39, 0.29) is 5.56 Å². The number of unbranched alkanes of at least 4 members (excludes halogenated alkanes) is 1. The molecule has 0 spiro atoms. The first kappa shape index (κ1) is 19.9. The van der Waals surface area contributed by atoms with Crippen molar-refractivity contribution in [1.29, 1.82) is 0 Å². The smallest absolute Gasteiger partial charge is 0.249 e. The van der Waals surface area contributed by atoms with E-state index in [9.17, 15) is 4.79 Å². The van der Waals surface area contributed by atoms with Gasteiger partial charge in [0.15, 0.2) is 0 Å². The van der Waals surface area contributed by atoms with Gasteiger partial charge < -0.3 is 19.4 Å². The number of piperazine rings is 1. The predicted octanol–water partition coefficient (Wildman–Crippen LogP) is 2.84. The third-order valence-electron chi connectivity index (χ3n) is 6.08. The highest BCUT2D eigenvalue weighted by Crippen LogP contribution is 2.36. The molecule has 31 heavy (non-hydrogen) atoms. The summed E-state index contributed by atoms with van der Waals surface area (Å²) in [7, 11) is 0. The van der Waals surface area contributed by atoms with Crippen molar-refractivity contribution in [3.05, 3.63) is 58.4 Å². The summed E-state index contributed by atoms with van der Waals surface area (Å²) in [4.78, 5) is 23.5. The Balaban J connectivity index is 1.04. The van der Waals surface area contributed by atoms with E-state index in [4.69, 9.17) is 9.47 Å². The number of anilines is 1. The molecule has 3 aromatic rings. The lowest BCUT2D eigenvalue weighted by Gasteiger charge is -2.36. The van der Waals surface area contributed by atoms with Crippen LogP contribution in [0.1, 0.15) is 18.4 Å². The van der Waals surface area contributed by atoms with Crippen LogP contribution in [-0.4, -0.2) is 60.8 Å². The molecule has 0 amide bonds. The summed E-state index contributed by atoms with van der Waals surface area (Å²) in [5, 5.41) is 0.901. The molecule has 0 radical (unpaired) electrons. The molecule has 162 valence electrons. The fourth-order valence-electron chi connectivity index (χ4n) is 4.36. The first-order valence-electron chi connectivity index (χ1n) is 11.1. The number of H-pyrrole nitrogens is 1. The standard InChI is InChI=1S/C24H28N4O3/c29-21-8-6-19-7-9-22(26-24(19)25-21)30-16-2-1-11-27-12-14-28(15-13-27)20-5-3-4-18-10-17-31-23(18)20/h3-9H,1-2,10-17H2,(H,25,26,29). The van der Waals surface area contributed by atoms with Crippen LogP contribution in [0.4, 0.5) is 5.69 Å². The number of pyridine rings is 2. The quantitative estimate of drug-likeness (QED) is 0.593. The van der Waals surface area contributed by atoms with Crippen molar-refractivity contribution in [2.45, 2.75) is 19.3 Å². The fraction of sp³-hybridized carbons (Fsp3) is 0.417. The summed E-state index contributed by atoms with van der Waals surface area (Å²) in [5.74, 6) is 1.65. The zero-order valence-corrected chi connectivity index (χ0v) is 17.7. The van der Waals surface area contributed by atoms with E-state index in [1.54, 1.807) is 6.07 Å². The van der Waals surface area contributed by atoms with Crippen molar-refractivity contribution < 1.29 is 9.47 Å². The zero-order chi connectivity index (χ0) is 21.0. The van der Waals surface area contributed by atoms with E-state index < -0.39 is 0 Å². The molecule has 0 saturated carbocycles. The molecule has 1 fully saturated rings. The molecule has 5 rings (SSSR count).